The Hall–Kier alpha value is 0.350. The summed E-state index contributed by atoms with van der Waals surface area (Å²) in [6.45, 7) is 9.38. The molecule has 72 valence electrons. The summed E-state index contributed by atoms with van der Waals surface area (Å²) < 4.78 is 0. The van der Waals surface area contributed by atoms with Crippen LogP contribution in [0, 0.1) is 11.8 Å². The molecule has 1 aliphatic rings. The van der Waals surface area contributed by atoms with Crippen LogP contribution in [0.3, 0.4) is 0 Å². The molecule has 1 saturated carbocycles. The van der Waals surface area contributed by atoms with E-state index >= 15 is 0 Å². The molecular formula is C11H22S. The van der Waals surface area contributed by atoms with Gasteiger partial charge in [-0.1, -0.05) is 34.1 Å². The Morgan fingerprint density at radius 1 is 1.08 bits per heavy atom. The van der Waals surface area contributed by atoms with Crippen LogP contribution in [-0.2, 0) is 0 Å². The summed E-state index contributed by atoms with van der Waals surface area (Å²) in [4.78, 5) is 0. The molecule has 0 saturated heterocycles. The van der Waals surface area contributed by atoms with Crippen molar-refractivity contribution in [3.63, 3.8) is 0 Å². The van der Waals surface area contributed by atoms with Crippen LogP contribution in [0.5, 0.6) is 0 Å². The molecule has 1 aliphatic carbocycles. The zero-order chi connectivity index (χ0) is 9.14. The van der Waals surface area contributed by atoms with E-state index in [-0.39, 0.29) is 0 Å². The second-order valence-electron chi connectivity index (χ2n) is 4.58. The van der Waals surface area contributed by atoms with Gasteiger partial charge in [-0.25, -0.2) is 0 Å². The largest absolute Gasteiger partial charge is 0.155 e. The van der Waals surface area contributed by atoms with Crippen molar-refractivity contribution in [1.82, 2.24) is 0 Å². The van der Waals surface area contributed by atoms with Gasteiger partial charge in [-0.15, -0.1) is 0 Å². The highest BCUT2D eigenvalue weighted by Crippen LogP contribution is 2.40. The van der Waals surface area contributed by atoms with Gasteiger partial charge in [0.05, 0.1) is 0 Å². The van der Waals surface area contributed by atoms with Gasteiger partial charge in [-0.2, -0.15) is 11.8 Å². The van der Waals surface area contributed by atoms with Crippen LogP contribution in [0.15, 0.2) is 0 Å². The molecule has 1 fully saturated rings. The molecule has 0 aromatic heterocycles. The van der Waals surface area contributed by atoms with Gasteiger partial charge in [0.1, 0.15) is 0 Å². The van der Waals surface area contributed by atoms with E-state index in [0.29, 0.717) is 0 Å². The van der Waals surface area contributed by atoms with Crippen LogP contribution in [-0.4, -0.2) is 10.5 Å². The van der Waals surface area contributed by atoms with E-state index in [1.807, 2.05) is 0 Å². The number of hydrogen-bond acceptors (Lipinski definition) is 1. The lowest BCUT2D eigenvalue weighted by molar-refractivity contribution is 0.274. The summed E-state index contributed by atoms with van der Waals surface area (Å²) in [6.07, 6.45) is 4.46. The van der Waals surface area contributed by atoms with E-state index in [2.05, 4.69) is 39.5 Å². The average Bonchev–Trinajstić information content (AvgIpc) is 1.80. The van der Waals surface area contributed by atoms with Gasteiger partial charge in [0.15, 0.2) is 0 Å². The smallest absolute Gasteiger partial charge is 0.0101 e. The quantitative estimate of drug-likeness (QED) is 0.640. The van der Waals surface area contributed by atoms with E-state index in [1.54, 1.807) is 0 Å². The van der Waals surface area contributed by atoms with Gasteiger partial charge in [-0.3, -0.25) is 0 Å². The molecule has 0 spiro atoms. The molecule has 12 heavy (non-hydrogen) atoms. The maximum Gasteiger partial charge on any atom is 0.0101 e. The number of hydrogen-bond donors (Lipinski definition) is 0. The summed E-state index contributed by atoms with van der Waals surface area (Å²) in [5.74, 6) is 1.90. The molecule has 1 unspecified atom stereocenters. The molecule has 1 atom stereocenters. The van der Waals surface area contributed by atoms with Gasteiger partial charge in [0.2, 0.25) is 0 Å². The van der Waals surface area contributed by atoms with Crippen molar-refractivity contribution in [2.75, 3.05) is 0 Å². The summed E-state index contributed by atoms with van der Waals surface area (Å²) in [6, 6.07) is 0. The van der Waals surface area contributed by atoms with Gasteiger partial charge in [0.25, 0.3) is 0 Å². The molecule has 0 aliphatic heterocycles. The van der Waals surface area contributed by atoms with Crippen molar-refractivity contribution in [2.45, 2.75) is 57.5 Å². The van der Waals surface area contributed by atoms with Crippen LogP contribution in [0.4, 0.5) is 0 Å². The van der Waals surface area contributed by atoms with Crippen LogP contribution in [0.1, 0.15) is 47.0 Å². The Balaban J connectivity index is 2.37. The molecule has 0 radical (unpaired) electrons. The Labute approximate surface area is 81.5 Å². The molecule has 1 heteroatoms. The highest BCUT2D eigenvalue weighted by molar-refractivity contribution is 8.00. The van der Waals surface area contributed by atoms with Crippen LogP contribution < -0.4 is 0 Å². The van der Waals surface area contributed by atoms with E-state index in [4.69, 9.17) is 0 Å². The Morgan fingerprint density at radius 3 is 1.92 bits per heavy atom. The van der Waals surface area contributed by atoms with Gasteiger partial charge >= 0.3 is 0 Å². The predicted molar refractivity (Wildman–Crippen MR) is 58.7 cm³/mol. The lowest BCUT2D eigenvalue weighted by Gasteiger charge is -2.36. The topological polar surface area (TPSA) is 0 Å². The monoisotopic (exact) mass is 186 g/mol. The molecule has 0 aromatic rings. The SMILES string of the molecule is CC(C)SC(C(C)C)C1CCC1. The number of rotatable bonds is 4. The fourth-order valence-corrected chi connectivity index (χ4v) is 3.33. The van der Waals surface area contributed by atoms with E-state index < -0.39 is 0 Å². The van der Waals surface area contributed by atoms with Crippen molar-refractivity contribution in [1.29, 1.82) is 0 Å². The maximum atomic E-state index is 2.37. The van der Waals surface area contributed by atoms with Crippen LogP contribution in [0.2, 0.25) is 0 Å². The fraction of sp³-hybridized carbons (Fsp3) is 1.00. The molecular weight excluding hydrogens is 164 g/mol. The third kappa shape index (κ3) is 2.69. The van der Waals surface area contributed by atoms with Gasteiger partial charge in [0, 0.05) is 5.25 Å². The highest BCUT2D eigenvalue weighted by Gasteiger charge is 2.30. The van der Waals surface area contributed by atoms with Crippen molar-refractivity contribution in [2.24, 2.45) is 11.8 Å². The first-order valence-electron chi connectivity index (χ1n) is 5.26. The lowest BCUT2D eigenvalue weighted by Crippen LogP contribution is -2.29. The fourth-order valence-electron chi connectivity index (χ4n) is 1.90. The summed E-state index contributed by atoms with van der Waals surface area (Å²) >= 11 is 2.19. The molecule has 0 nitrogen and oxygen atoms in total. The maximum absolute atomic E-state index is 2.37. The highest BCUT2D eigenvalue weighted by atomic mass is 32.2. The van der Waals surface area contributed by atoms with Crippen LogP contribution in [0.25, 0.3) is 0 Å². The minimum atomic E-state index is 0.804. The Bertz CT molecular complexity index is 125. The second kappa shape index (κ2) is 4.55. The second-order valence-corrected chi connectivity index (χ2v) is 6.34. The summed E-state index contributed by atoms with van der Waals surface area (Å²) in [7, 11) is 0. The summed E-state index contributed by atoms with van der Waals surface area (Å²) in [5.41, 5.74) is 0. The van der Waals surface area contributed by atoms with E-state index in [0.717, 1.165) is 22.3 Å². The minimum Gasteiger partial charge on any atom is -0.155 e. The first-order valence-corrected chi connectivity index (χ1v) is 6.21. The molecule has 0 N–H and O–H groups in total. The predicted octanol–water partition coefficient (Wildman–Crippen LogP) is 3.95. The zero-order valence-corrected chi connectivity index (χ0v) is 9.66. The standard InChI is InChI=1S/C11H22S/c1-8(2)11(12-9(3)4)10-6-5-7-10/h8-11H,5-7H2,1-4H3. The third-order valence-corrected chi connectivity index (χ3v) is 4.49. The molecule has 0 heterocycles. The normalized spacial score (nSPS) is 21.5. The van der Waals surface area contributed by atoms with Crippen molar-refractivity contribution < 1.29 is 0 Å². The first kappa shape index (κ1) is 10.4. The van der Waals surface area contributed by atoms with Crippen molar-refractivity contribution >= 4 is 11.8 Å². The molecule has 0 aromatic carbocycles. The first-order chi connectivity index (χ1) is 5.61. The van der Waals surface area contributed by atoms with Crippen molar-refractivity contribution in [3.8, 4) is 0 Å². The molecule has 0 bridgehead atoms. The molecule has 1 rings (SSSR count). The van der Waals surface area contributed by atoms with Crippen LogP contribution >= 0.6 is 11.8 Å². The minimum absolute atomic E-state index is 0.804. The Morgan fingerprint density at radius 2 is 1.67 bits per heavy atom. The van der Waals surface area contributed by atoms with E-state index in [9.17, 15) is 0 Å². The Kier molecular flexibility index (Phi) is 3.95. The summed E-state index contributed by atoms with van der Waals surface area (Å²) in [5, 5.41) is 1.73. The molecule has 0 amide bonds. The van der Waals surface area contributed by atoms with Gasteiger partial charge in [-0.05, 0) is 29.9 Å². The number of thioether (sulfide) groups is 1. The lowest BCUT2D eigenvalue weighted by atomic mass is 9.79. The van der Waals surface area contributed by atoms with Crippen molar-refractivity contribution in [3.05, 3.63) is 0 Å². The average molecular weight is 186 g/mol. The van der Waals surface area contributed by atoms with Gasteiger partial charge < -0.3 is 0 Å². The van der Waals surface area contributed by atoms with E-state index in [1.165, 1.54) is 19.3 Å². The third-order valence-electron chi connectivity index (χ3n) is 2.70. The zero-order valence-electron chi connectivity index (χ0n) is 8.84.